The Hall–Kier alpha value is -16.7. The molecule has 0 radical (unpaired) electrons. The number of nitrogens with one attached hydrogen (secondary N) is 4. The number of aromatic nitrogens is 8. The molecule has 0 amide bonds. The zero-order chi connectivity index (χ0) is 97.8. The average molecular weight is 1890 g/mol. The van der Waals surface area contributed by atoms with E-state index in [-0.39, 0.29) is 0 Å². The summed E-state index contributed by atoms with van der Waals surface area (Å²) in [6, 6.07) is 78.9. The van der Waals surface area contributed by atoms with Gasteiger partial charge in [0.25, 0.3) is 0 Å². The van der Waals surface area contributed by atoms with Crippen LogP contribution < -0.4 is 61.7 Å². The summed E-state index contributed by atoms with van der Waals surface area (Å²) in [5.74, 6) is 5.81. The van der Waals surface area contributed by atoms with E-state index < -0.39 is 5.41 Å². The largest absolute Gasteiger partial charge is 0.493 e. The zero-order valence-corrected chi connectivity index (χ0v) is 82.3. The van der Waals surface area contributed by atoms with E-state index in [0.29, 0.717) is 91.8 Å². The number of methoxy groups -OCH3 is 12. The highest BCUT2D eigenvalue weighted by molar-refractivity contribution is 6.04. The van der Waals surface area contributed by atoms with Crippen LogP contribution in [0.15, 0.2) is 224 Å². The first-order valence-corrected chi connectivity index (χ1v) is 48.2. The molecule has 10 heterocycles. The quantitative estimate of drug-likeness (QED) is 0.0280. The van der Waals surface area contributed by atoms with E-state index in [2.05, 4.69) is 251 Å². The predicted molar refractivity (Wildman–Crippen MR) is 576 cm³/mol. The van der Waals surface area contributed by atoms with Gasteiger partial charge in [-0.05, 0) is 274 Å². The van der Waals surface area contributed by atoms with Gasteiger partial charge in [0.1, 0.15) is 0 Å². The van der Waals surface area contributed by atoms with Gasteiger partial charge < -0.3 is 81.7 Å². The first kappa shape index (κ1) is 93.0. The van der Waals surface area contributed by atoms with Crippen molar-refractivity contribution in [2.45, 2.75) is 83.5 Å². The maximum absolute atomic E-state index is 6.20. The minimum atomic E-state index is -0.521. The van der Waals surface area contributed by atoms with Gasteiger partial charge in [0.15, 0.2) is 46.0 Å². The fourth-order valence-corrected chi connectivity index (χ4v) is 21.0. The molecule has 714 valence electrons. The number of benzene rings is 9. The molecule has 0 saturated heterocycles. The van der Waals surface area contributed by atoms with Gasteiger partial charge in [0.05, 0.1) is 131 Å². The zero-order valence-electron chi connectivity index (χ0n) is 82.3. The molecule has 15 aromatic rings. The van der Waals surface area contributed by atoms with Crippen molar-refractivity contribution in [3.8, 4) is 147 Å². The first-order valence-electron chi connectivity index (χ1n) is 48.2. The molecule has 21 nitrogen and oxygen atoms in total. The van der Waals surface area contributed by atoms with Gasteiger partial charge >= 0.3 is 0 Å². The Morgan fingerprint density at radius 1 is 0.268 bits per heavy atom. The predicted octanol–water partition coefficient (Wildman–Crippen LogP) is 29.6. The number of ether oxygens (including phenoxy) is 12. The standard InChI is InChI=1S/C121H113N9O12/c1-15-17-19-27-59-121(60-28-20-18-16-2)87-61-73(111-93-51-55-99(126-93)113(75-63-103(131-3)117(139-11)104(64-75)132-4)91-45-38-79(122-91)71-80-39-46-92(123-80)114(100-56-52-94(111)127-100)76-65-105(133-5)118(140-12)106(66-76)134-6)36-43-84(87)85-44-37-74(62-88(85)121)112-95-53-57-101(128-95)115(77-67-107(135-7)119(141-13)108(68-77)136-8)97-49-47-89(124-97)86(42-35-72-33-40-83(41-34-72)130(81-29-23-21-24-30-81)82-31-25-22-26-32-82)90-48-50-98(125-90)116(102-58-54-96(112)129-102)78-69-109(137-9)120(142-14)110(70-78)138-10/h21-26,29-58,61-71,122,124,127,129H,15-20,27-28,59-60H2,1-14H3/b42-35+,79-71?,80-71?,89-86?,90-86?,111-93?,111-94?,112-95?,112-96?,113-91?,113-99?,114-92?,114-100?,115-97?,115-101?,116-98?,116-102?. The molecule has 20 rings (SSSR count). The monoisotopic (exact) mass is 1880 g/mol. The van der Waals surface area contributed by atoms with Gasteiger partial charge in [-0.2, -0.15) is 0 Å². The van der Waals surface area contributed by atoms with Crippen molar-refractivity contribution in [3.05, 3.63) is 292 Å². The van der Waals surface area contributed by atoms with Gasteiger partial charge in [-0.3, -0.25) is 0 Å². The number of hydrogen-bond donors (Lipinski definition) is 4. The number of para-hydroxylation sites is 2. The maximum atomic E-state index is 6.20. The summed E-state index contributed by atoms with van der Waals surface area (Å²) in [5.41, 5.74) is 31.5. The average Bonchev–Trinajstić information content (AvgIpc) is 1.55. The van der Waals surface area contributed by atoms with Gasteiger partial charge in [-0.15, -0.1) is 0 Å². The number of hydrogen-bond acceptors (Lipinski definition) is 17. The summed E-state index contributed by atoms with van der Waals surface area (Å²) in [5, 5.41) is 0. The number of aromatic amines is 4. The van der Waals surface area contributed by atoms with Crippen LogP contribution in [-0.2, 0) is 5.41 Å². The molecule has 16 bridgehead atoms. The van der Waals surface area contributed by atoms with Crippen molar-refractivity contribution < 1.29 is 56.8 Å². The fraction of sp³-hybridized carbons (Fsp3) is 0.207. The molecule has 0 fully saturated rings. The van der Waals surface area contributed by atoms with Crippen LogP contribution in [0.25, 0.3) is 183 Å². The molecule has 4 N–H and O–H groups in total. The highest BCUT2D eigenvalue weighted by Gasteiger charge is 2.44. The second-order valence-corrected chi connectivity index (χ2v) is 35.7. The number of unbranched alkanes of at least 4 members (excludes halogenated alkanes) is 6. The van der Waals surface area contributed by atoms with Crippen molar-refractivity contribution in [1.29, 1.82) is 0 Å². The lowest BCUT2D eigenvalue weighted by Crippen LogP contribution is -2.25. The summed E-state index contributed by atoms with van der Waals surface area (Å²) in [6.07, 6.45) is 31.3. The highest BCUT2D eigenvalue weighted by atomic mass is 16.6. The smallest absolute Gasteiger partial charge is 0.203 e. The SMILES string of the molecule is CCCCCCC1(CCCCCC)c2cc(-c3c4nc(c(-c5cc(OC)c(OC)c(OC)c5)c5ccc(cc6nc(c(-c7cc(OC)c(OC)c(OC)c7)c7ccc3[nH]7)C=C6)[nH]5)C=C4)ccc2-c2ccc(-c3c4nc(c(-c5cc(OC)c(OC)c(OC)c5)c5ccc([nH]5)c(/C=C/c5ccc(N(c6ccccc6)c6ccccc6)cc5)c5nc(c(-c6cc(OC)c(OC)c(OC)c6)c6ccc3[nH]6)C=C5)C=C4)cc21. The third kappa shape index (κ3) is 17.3. The minimum Gasteiger partial charge on any atom is -0.493 e. The number of rotatable bonds is 33. The van der Waals surface area contributed by atoms with Crippen LogP contribution in [0.2, 0.25) is 0 Å². The topological polar surface area (TPSA) is 229 Å². The van der Waals surface area contributed by atoms with E-state index in [4.69, 9.17) is 76.8 Å². The van der Waals surface area contributed by atoms with Crippen LogP contribution in [0.1, 0.15) is 146 Å². The van der Waals surface area contributed by atoms with Crippen molar-refractivity contribution >= 4 is 122 Å². The van der Waals surface area contributed by atoms with Gasteiger partial charge in [-0.1, -0.05) is 150 Å². The lowest BCUT2D eigenvalue weighted by atomic mass is 9.70. The lowest BCUT2D eigenvalue weighted by molar-refractivity contribution is 0.324. The van der Waals surface area contributed by atoms with Gasteiger partial charge in [-0.25, -0.2) is 19.9 Å². The van der Waals surface area contributed by atoms with E-state index in [0.717, 1.165) is 226 Å². The Morgan fingerprint density at radius 3 is 0.951 bits per heavy atom. The summed E-state index contributed by atoms with van der Waals surface area (Å²) < 4.78 is 73.1. The number of H-pyrrole nitrogens is 4. The Bertz CT molecular complexity index is 7660. The summed E-state index contributed by atoms with van der Waals surface area (Å²) >= 11 is 0. The second kappa shape index (κ2) is 40.4. The normalized spacial score (nSPS) is 12.5. The molecule has 4 aliphatic heterocycles. The van der Waals surface area contributed by atoms with E-state index in [1.165, 1.54) is 22.3 Å². The molecule has 0 unspecified atom stereocenters. The van der Waals surface area contributed by atoms with Gasteiger partial charge in [0, 0.05) is 106 Å². The third-order valence-electron chi connectivity index (χ3n) is 27.7. The molecule has 9 aromatic carbocycles. The van der Waals surface area contributed by atoms with Crippen LogP contribution >= 0.6 is 0 Å². The summed E-state index contributed by atoms with van der Waals surface area (Å²) in [6.45, 7) is 4.59. The lowest BCUT2D eigenvalue weighted by Gasteiger charge is -2.33. The molecule has 6 aromatic heterocycles. The molecule has 142 heavy (non-hydrogen) atoms. The van der Waals surface area contributed by atoms with Crippen LogP contribution in [0, 0.1) is 0 Å². The van der Waals surface area contributed by atoms with Crippen molar-refractivity contribution in [1.82, 2.24) is 39.9 Å². The van der Waals surface area contributed by atoms with E-state index >= 15 is 0 Å². The molecule has 21 heteroatoms. The maximum Gasteiger partial charge on any atom is 0.203 e. The van der Waals surface area contributed by atoms with E-state index in [1.54, 1.807) is 85.3 Å². The summed E-state index contributed by atoms with van der Waals surface area (Å²) in [4.78, 5) is 41.1. The van der Waals surface area contributed by atoms with Gasteiger partial charge in [0.2, 0.25) is 23.0 Å². The highest BCUT2D eigenvalue weighted by Crippen LogP contribution is 2.58. The Morgan fingerprint density at radius 2 is 0.585 bits per heavy atom. The summed E-state index contributed by atoms with van der Waals surface area (Å²) in [7, 11) is 19.6. The number of anilines is 3. The molecule has 0 atom stereocenters. The Balaban J connectivity index is 0.833. The molecular weight excluding hydrogens is 1770 g/mol. The van der Waals surface area contributed by atoms with Crippen LogP contribution in [-0.4, -0.2) is 125 Å². The molecule has 0 spiro atoms. The van der Waals surface area contributed by atoms with Crippen LogP contribution in [0.5, 0.6) is 69.0 Å². The molecule has 0 saturated carbocycles. The van der Waals surface area contributed by atoms with Crippen LogP contribution in [0.3, 0.4) is 0 Å². The van der Waals surface area contributed by atoms with E-state index in [1.807, 2.05) is 72.8 Å². The molecule has 5 aliphatic rings. The number of fused-ring (bicyclic) bond motifs is 19. The fourth-order valence-electron chi connectivity index (χ4n) is 21.0. The Labute approximate surface area is 826 Å². The van der Waals surface area contributed by atoms with Crippen molar-refractivity contribution in [3.63, 3.8) is 0 Å². The second-order valence-electron chi connectivity index (χ2n) is 35.7. The molecular formula is C121H113N9O12. The first-order chi connectivity index (χ1) is 69.7. The Kier molecular flexibility index (Phi) is 26.5. The van der Waals surface area contributed by atoms with Crippen molar-refractivity contribution in [2.75, 3.05) is 90.2 Å². The van der Waals surface area contributed by atoms with E-state index in [9.17, 15) is 0 Å². The molecule has 1 aliphatic carbocycles. The van der Waals surface area contributed by atoms with Crippen LogP contribution in [0.4, 0.5) is 17.1 Å². The number of nitrogens with zero attached hydrogens (tertiary/aromatic N) is 5. The minimum absolute atomic E-state index is 0.459. The third-order valence-corrected chi connectivity index (χ3v) is 27.7. The van der Waals surface area contributed by atoms with Crippen molar-refractivity contribution in [2.24, 2.45) is 0 Å².